The molecule has 0 spiro atoms. The average molecular weight is 454 g/mol. The first kappa shape index (κ1) is 22.2. The zero-order valence-electron chi connectivity index (χ0n) is 19.6. The lowest BCUT2D eigenvalue weighted by atomic mass is 9.97. The summed E-state index contributed by atoms with van der Waals surface area (Å²) in [4.78, 5) is 28.3. The molecule has 5 heteroatoms. The fourth-order valence-electron chi connectivity index (χ4n) is 4.46. The van der Waals surface area contributed by atoms with Crippen LogP contribution in [0, 0.1) is 5.92 Å². The molecular weight excluding hydrogens is 422 g/mol. The van der Waals surface area contributed by atoms with Crippen molar-refractivity contribution in [1.82, 2.24) is 5.32 Å². The summed E-state index contributed by atoms with van der Waals surface area (Å²) in [6, 6.07) is 23.7. The molecule has 1 aliphatic carbocycles. The molecule has 3 aromatic rings. The Morgan fingerprint density at radius 3 is 2.15 bits per heavy atom. The van der Waals surface area contributed by atoms with Crippen LogP contribution in [0.4, 0.5) is 11.4 Å². The number of benzene rings is 3. The van der Waals surface area contributed by atoms with E-state index in [9.17, 15) is 9.59 Å². The van der Waals surface area contributed by atoms with Crippen LogP contribution in [0.15, 0.2) is 72.8 Å². The van der Waals surface area contributed by atoms with Gasteiger partial charge in [-0.15, -0.1) is 0 Å². The molecule has 0 atom stereocenters. The molecule has 2 amide bonds. The second kappa shape index (κ2) is 9.72. The summed E-state index contributed by atoms with van der Waals surface area (Å²) < 4.78 is 0. The van der Waals surface area contributed by atoms with Crippen molar-refractivity contribution in [2.75, 3.05) is 23.3 Å². The number of hydrogen-bond acceptors (Lipinski definition) is 3. The molecule has 2 aliphatic rings. The van der Waals surface area contributed by atoms with Gasteiger partial charge in [-0.1, -0.05) is 49.4 Å². The van der Waals surface area contributed by atoms with Crippen LogP contribution in [0.25, 0.3) is 11.1 Å². The quantitative estimate of drug-likeness (QED) is 0.501. The fraction of sp³-hybridized carbons (Fsp3) is 0.310. The number of carbonyl (C=O) groups excluding carboxylic acids is 2. The van der Waals surface area contributed by atoms with E-state index in [0.717, 1.165) is 55.6 Å². The lowest BCUT2D eigenvalue weighted by molar-refractivity contribution is 0.0950. The molecule has 1 saturated heterocycles. The van der Waals surface area contributed by atoms with Crippen LogP contribution < -0.4 is 15.5 Å². The van der Waals surface area contributed by atoms with E-state index in [-0.39, 0.29) is 17.9 Å². The number of piperidine rings is 1. The van der Waals surface area contributed by atoms with Crippen molar-refractivity contribution >= 4 is 23.2 Å². The number of carbonyl (C=O) groups is 2. The van der Waals surface area contributed by atoms with E-state index in [2.05, 4.69) is 22.5 Å². The number of hydrogen-bond donors (Lipinski definition) is 2. The van der Waals surface area contributed by atoms with Gasteiger partial charge in [-0.2, -0.15) is 0 Å². The number of nitrogens with one attached hydrogen (secondary N) is 2. The number of nitrogens with zero attached hydrogens (tertiary/aromatic N) is 1. The van der Waals surface area contributed by atoms with Gasteiger partial charge in [0.25, 0.3) is 11.8 Å². The first-order valence-electron chi connectivity index (χ1n) is 12.2. The number of anilines is 2. The van der Waals surface area contributed by atoms with Gasteiger partial charge in [-0.05, 0) is 73.1 Å². The Labute approximate surface area is 201 Å². The van der Waals surface area contributed by atoms with E-state index in [1.165, 1.54) is 0 Å². The Kier molecular flexibility index (Phi) is 6.35. The Hall–Kier alpha value is -3.60. The van der Waals surface area contributed by atoms with Gasteiger partial charge in [0.1, 0.15) is 0 Å². The highest BCUT2D eigenvalue weighted by Crippen LogP contribution is 2.30. The predicted molar refractivity (Wildman–Crippen MR) is 137 cm³/mol. The van der Waals surface area contributed by atoms with Crippen LogP contribution in [0.2, 0.25) is 0 Å². The molecule has 2 N–H and O–H groups in total. The summed E-state index contributed by atoms with van der Waals surface area (Å²) in [6.07, 6.45) is 4.33. The predicted octanol–water partition coefficient (Wildman–Crippen LogP) is 5.73. The summed E-state index contributed by atoms with van der Waals surface area (Å²) in [7, 11) is 0. The second-order valence-corrected chi connectivity index (χ2v) is 9.55. The van der Waals surface area contributed by atoms with Crippen molar-refractivity contribution in [2.24, 2.45) is 5.92 Å². The summed E-state index contributed by atoms with van der Waals surface area (Å²) in [5.41, 5.74) is 4.98. The van der Waals surface area contributed by atoms with E-state index in [4.69, 9.17) is 0 Å². The van der Waals surface area contributed by atoms with Gasteiger partial charge in [-0.25, -0.2) is 0 Å². The lowest BCUT2D eigenvalue weighted by Crippen LogP contribution is -2.35. The zero-order valence-corrected chi connectivity index (χ0v) is 19.6. The minimum Gasteiger partial charge on any atom is -0.371 e. The molecule has 1 heterocycles. The van der Waals surface area contributed by atoms with Crippen LogP contribution in [-0.2, 0) is 0 Å². The fourth-order valence-corrected chi connectivity index (χ4v) is 4.46. The molecule has 0 aromatic heterocycles. The van der Waals surface area contributed by atoms with Crippen molar-refractivity contribution < 1.29 is 9.59 Å². The molecule has 1 aliphatic heterocycles. The summed E-state index contributed by atoms with van der Waals surface area (Å²) in [5.74, 6) is 0.471. The van der Waals surface area contributed by atoms with Crippen molar-refractivity contribution in [3.8, 4) is 11.1 Å². The molecule has 34 heavy (non-hydrogen) atoms. The maximum absolute atomic E-state index is 13.1. The smallest absolute Gasteiger partial charge is 0.255 e. The molecule has 3 aromatic carbocycles. The SMILES string of the molecule is CC1CCN(c2ccc(NC(=O)c3ccc(-c4ccccc4)cc3)cc2C(=O)NC2CC2)CC1. The summed E-state index contributed by atoms with van der Waals surface area (Å²) in [5, 5.41) is 6.10. The maximum Gasteiger partial charge on any atom is 0.255 e. The van der Waals surface area contributed by atoms with Gasteiger partial charge in [0.15, 0.2) is 0 Å². The van der Waals surface area contributed by atoms with Crippen molar-refractivity contribution in [2.45, 2.75) is 38.6 Å². The second-order valence-electron chi connectivity index (χ2n) is 9.55. The van der Waals surface area contributed by atoms with Crippen molar-refractivity contribution in [1.29, 1.82) is 0 Å². The number of rotatable bonds is 6. The molecule has 1 saturated carbocycles. The minimum absolute atomic E-state index is 0.0561. The van der Waals surface area contributed by atoms with E-state index in [0.29, 0.717) is 22.7 Å². The maximum atomic E-state index is 13.1. The Balaban J connectivity index is 1.34. The van der Waals surface area contributed by atoms with Crippen molar-refractivity contribution in [3.05, 3.63) is 83.9 Å². The minimum atomic E-state index is -0.187. The van der Waals surface area contributed by atoms with Crippen LogP contribution in [0.3, 0.4) is 0 Å². The molecule has 2 fully saturated rings. The summed E-state index contributed by atoms with van der Waals surface area (Å²) >= 11 is 0. The number of amides is 2. The highest BCUT2D eigenvalue weighted by Gasteiger charge is 2.27. The third-order valence-electron chi connectivity index (χ3n) is 6.79. The molecule has 0 unspecified atom stereocenters. The lowest BCUT2D eigenvalue weighted by Gasteiger charge is -2.33. The van der Waals surface area contributed by atoms with Crippen LogP contribution >= 0.6 is 0 Å². The molecule has 0 bridgehead atoms. The molecule has 5 rings (SSSR count). The van der Waals surface area contributed by atoms with Gasteiger partial charge in [0.05, 0.1) is 5.56 Å². The van der Waals surface area contributed by atoms with Gasteiger partial charge in [0.2, 0.25) is 0 Å². The zero-order chi connectivity index (χ0) is 23.5. The van der Waals surface area contributed by atoms with Crippen molar-refractivity contribution in [3.63, 3.8) is 0 Å². The van der Waals surface area contributed by atoms with E-state index in [1.54, 1.807) is 0 Å². The first-order valence-corrected chi connectivity index (χ1v) is 12.2. The molecule has 174 valence electrons. The Bertz CT molecular complexity index is 1160. The third-order valence-corrected chi connectivity index (χ3v) is 6.79. The topological polar surface area (TPSA) is 61.4 Å². The first-order chi connectivity index (χ1) is 16.6. The largest absolute Gasteiger partial charge is 0.371 e. The van der Waals surface area contributed by atoms with Gasteiger partial charge >= 0.3 is 0 Å². The van der Waals surface area contributed by atoms with Crippen LogP contribution in [0.1, 0.15) is 53.3 Å². The molecule has 0 radical (unpaired) electrons. The van der Waals surface area contributed by atoms with E-state index in [1.807, 2.05) is 72.8 Å². The van der Waals surface area contributed by atoms with Gasteiger partial charge in [-0.3, -0.25) is 9.59 Å². The Morgan fingerprint density at radius 1 is 0.794 bits per heavy atom. The summed E-state index contributed by atoms with van der Waals surface area (Å²) in [6.45, 7) is 4.18. The monoisotopic (exact) mass is 453 g/mol. The molecular formula is C29H31N3O2. The van der Waals surface area contributed by atoms with E-state index < -0.39 is 0 Å². The highest BCUT2D eigenvalue weighted by molar-refractivity contribution is 6.06. The van der Waals surface area contributed by atoms with E-state index >= 15 is 0 Å². The normalized spacial score (nSPS) is 16.2. The van der Waals surface area contributed by atoms with Crippen LogP contribution in [-0.4, -0.2) is 30.9 Å². The highest BCUT2D eigenvalue weighted by atomic mass is 16.2. The standard InChI is InChI=1S/C29H31N3O2/c1-20-15-17-32(18-16-20)27-14-13-25(19-26(27)29(34)30-24-11-12-24)31-28(33)23-9-7-22(8-10-23)21-5-3-2-4-6-21/h2-10,13-14,19-20,24H,11-12,15-18H2,1H3,(H,30,34)(H,31,33). The van der Waals surface area contributed by atoms with Gasteiger partial charge in [0, 0.05) is 36.1 Å². The average Bonchev–Trinajstić information content (AvgIpc) is 3.69. The van der Waals surface area contributed by atoms with Gasteiger partial charge < -0.3 is 15.5 Å². The molecule has 5 nitrogen and oxygen atoms in total. The van der Waals surface area contributed by atoms with Crippen LogP contribution in [0.5, 0.6) is 0 Å². The third kappa shape index (κ3) is 5.14. The Morgan fingerprint density at radius 2 is 1.47 bits per heavy atom.